The Balaban J connectivity index is 1.82. The number of amides is 1. The third-order valence-corrected chi connectivity index (χ3v) is 4.96. The molecule has 0 aliphatic heterocycles. The number of likely N-dealkylation sites (N-methyl/N-ethyl adjacent to an activating group) is 1. The van der Waals surface area contributed by atoms with Crippen molar-refractivity contribution in [3.63, 3.8) is 0 Å². The van der Waals surface area contributed by atoms with E-state index in [0.717, 1.165) is 25.8 Å². The first kappa shape index (κ1) is 17.5. The zero-order valence-corrected chi connectivity index (χ0v) is 15.6. The topological polar surface area (TPSA) is 32.3 Å². The van der Waals surface area contributed by atoms with Crippen LogP contribution in [-0.4, -0.2) is 24.4 Å². The maximum Gasteiger partial charge on any atom is 0.234 e. The number of nitrogens with one attached hydrogen (secondary N) is 1. The summed E-state index contributed by atoms with van der Waals surface area (Å²) in [7, 11) is 1.93. The van der Waals surface area contributed by atoms with Crippen LogP contribution in [0, 0.1) is 0 Å². The summed E-state index contributed by atoms with van der Waals surface area (Å²) in [5.74, 6) is 0.0144. The van der Waals surface area contributed by atoms with Crippen molar-refractivity contribution in [2.75, 3.05) is 13.6 Å². The smallest absolute Gasteiger partial charge is 0.234 e. The predicted molar refractivity (Wildman–Crippen MR) is 96.4 cm³/mol. The SMILES string of the molecule is C[C@@H](NC(=O)CN(C)Cc1ccc(Cl)s1)c1ccc(Br)cc1. The van der Waals surface area contributed by atoms with Crippen LogP contribution in [0.1, 0.15) is 23.4 Å². The van der Waals surface area contributed by atoms with E-state index in [1.807, 2.05) is 55.3 Å². The molecule has 0 aliphatic carbocycles. The molecule has 0 saturated heterocycles. The Morgan fingerprint density at radius 3 is 2.59 bits per heavy atom. The molecule has 0 fully saturated rings. The molecule has 0 aliphatic rings. The molecule has 0 spiro atoms. The Hall–Kier alpha value is -0.880. The molecule has 3 nitrogen and oxygen atoms in total. The Kier molecular flexibility index (Phi) is 6.44. The van der Waals surface area contributed by atoms with Gasteiger partial charge in [-0.15, -0.1) is 11.3 Å². The molecule has 22 heavy (non-hydrogen) atoms. The van der Waals surface area contributed by atoms with Crippen molar-refractivity contribution in [1.82, 2.24) is 10.2 Å². The monoisotopic (exact) mass is 400 g/mol. The highest BCUT2D eigenvalue weighted by atomic mass is 79.9. The number of hydrogen-bond donors (Lipinski definition) is 1. The minimum absolute atomic E-state index is 0.00909. The molecule has 2 aromatic rings. The Morgan fingerprint density at radius 1 is 1.32 bits per heavy atom. The molecule has 1 amide bonds. The predicted octanol–water partition coefficient (Wildman–Crippen LogP) is 4.47. The fourth-order valence-corrected chi connectivity index (χ4v) is 3.56. The van der Waals surface area contributed by atoms with Gasteiger partial charge in [-0.25, -0.2) is 0 Å². The van der Waals surface area contributed by atoms with Gasteiger partial charge in [0.2, 0.25) is 5.91 Å². The van der Waals surface area contributed by atoms with Gasteiger partial charge in [-0.2, -0.15) is 0 Å². The van der Waals surface area contributed by atoms with Crippen LogP contribution in [-0.2, 0) is 11.3 Å². The maximum atomic E-state index is 12.1. The molecule has 1 aromatic heterocycles. The number of carbonyl (C=O) groups is 1. The van der Waals surface area contributed by atoms with Crippen LogP contribution in [0.3, 0.4) is 0 Å². The number of hydrogen-bond acceptors (Lipinski definition) is 3. The van der Waals surface area contributed by atoms with Gasteiger partial charge < -0.3 is 5.32 Å². The van der Waals surface area contributed by atoms with Crippen LogP contribution < -0.4 is 5.32 Å². The molecule has 0 radical (unpaired) electrons. The highest BCUT2D eigenvalue weighted by Gasteiger charge is 2.12. The van der Waals surface area contributed by atoms with Crippen molar-refractivity contribution >= 4 is 44.8 Å². The summed E-state index contributed by atoms with van der Waals surface area (Å²) in [5.41, 5.74) is 1.09. The number of nitrogens with zero attached hydrogens (tertiary/aromatic N) is 1. The number of benzene rings is 1. The summed E-state index contributed by atoms with van der Waals surface area (Å²) < 4.78 is 1.81. The van der Waals surface area contributed by atoms with Crippen LogP contribution in [0.2, 0.25) is 4.34 Å². The van der Waals surface area contributed by atoms with Gasteiger partial charge in [0.05, 0.1) is 16.9 Å². The average molecular weight is 402 g/mol. The fourth-order valence-electron chi connectivity index (χ4n) is 2.13. The van der Waals surface area contributed by atoms with Gasteiger partial charge in [-0.05, 0) is 43.8 Å². The van der Waals surface area contributed by atoms with Crippen molar-refractivity contribution in [2.45, 2.75) is 19.5 Å². The molecule has 6 heteroatoms. The lowest BCUT2D eigenvalue weighted by atomic mass is 10.1. The highest BCUT2D eigenvalue weighted by molar-refractivity contribution is 9.10. The molecule has 1 aromatic carbocycles. The molecular formula is C16H18BrClN2OS. The Morgan fingerprint density at radius 2 is 2.00 bits per heavy atom. The lowest BCUT2D eigenvalue weighted by molar-refractivity contribution is -0.122. The molecule has 0 saturated carbocycles. The molecule has 0 bridgehead atoms. The minimum atomic E-state index is -0.00909. The molecule has 1 heterocycles. The van der Waals surface area contributed by atoms with E-state index >= 15 is 0 Å². The second-order valence-electron chi connectivity index (χ2n) is 5.22. The molecule has 1 atom stereocenters. The van der Waals surface area contributed by atoms with Crippen LogP contribution in [0.15, 0.2) is 40.9 Å². The molecule has 2 rings (SSSR count). The number of rotatable bonds is 6. The summed E-state index contributed by atoms with van der Waals surface area (Å²) in [6.45, 7) is 3.06. The van der Waals surface area contributed by atoms with E-state index in [1.54, 1.807) is 11.3 Å². The van der Waals surface area contributed by atoms with Crippen molar-refractivity contribution in [3.8, 4) is 0 Å². The summed E-state index contributed by atoms with van der Waals surface area (Å²) in [4.78, 5) is 15.2. The molecule has 1 N–H and O–H groups in total. The van der Waals surface area contributed by atoms with Gasteiger partial charge in [0.25, 0.3) is 0 Å². The van der Waals surface area contributed by atoms with Gasteiger partial charge in [-0.1, -0.05) is 39.7 Å². The first-order valence-corrected chi connectivity index (χ1v) is 8.90. The van der Waals surface area contributed by atoms with Gasteiger partial charge in [0.1, 0.15) is 0 Å². The van der Waals surface area contributed by atoms with Gasteiger partial charge >= 0.3 is 0 Å². The van der Waals surface area contributed by atoms with Crippen molar-refractivity contribution < 1.29 is 4.79 Å². The van der Waals surface area contributed by atoms with Crippen molar-refractivity contribution in [1.29, 1.82) is 0 Å². The summed E-state index contributed by atoms with van der Waals surface area (Å²) in [5, 5.41) is 3.02. The molecule has 118 valence electrons. The number of carbonyl (C=O) groups excluding carboxylic acids is 1. The van der Waals surface area contributed by atoms with Crippen molar-refractivity contribution in [2.24, 2.45) is 0 Å². The normalized spacial score (nSPS) is 12.4. The van der Waals surface area contributed by atoms with E-state index in [4.69, 9.17) is 11.6 Å². The van der Waals surface area contributed by atoms with Crippen molar-refractivity contribution in [3.05, 3.63) is 55.6 Å². The van der Waals surface area contributed by atoms with E-state index in [1.165, 1.54) is 0 Å². The number of thiophene rings is 1. The maximum absolute atomic E-state index is 12.1. The van der Waals surface area contributed by atoms with Gasteiger partial charge in [0, 0.05) is 15.9 Å². The zero-order chi connectivity index (χ0) is 16.1. The second-order valence-corrected chi connectivity index (χ2v) is 7.93. The van der Waals surface area contributed by atoms with Crippen LogP contribution >= 0.6 is 38.9 Å². The van der Waals surface area contributed by atoms with Gasteiger partial charge in [-0.3, -0.25) is 9.69 Å². The Labute approximate surface area is 148 Å². The standard InChI is InChI=1S/C16H18BrClN2OS/c1-11(12-3-5-13(17)6-4-12)19-16(21)10-20(2)9-14-7-8-15(18)22-14/h3-8,11H,9-10H2,1-2H3,(H,19,21)/t11-/m1/s1. The summed E-state index contributed by atoms with van der Waals surface area (Å²) >= 11 is 10.9. The zero-order valence-electron chi connectivity index (χ0n) is 12.5. The first-order chi connectivity index (χ1) is 10.4. The lowest BCUT2D eigenvalue weighted by Crippen LogP contribution is -2.36. The van der Waals surface area contributed by atoms with Crippen LogP contribution in [0.25, 0.3) is 0 Å². The Bertz CT molecular complexity index is 629. The molecular weight excluding hydrogens is 384 g/mol. The highest BCUT2D eigenvalue weighted by Crippen LogP contribution is 2.22. The number of halogens is 2. The third kappa shape index (κ3) is 5.39. The minimum Gasteiger partial charge on any atom is -0.348 e. The average Bonchev–Trinajstić information content (AvgIpc) is 2.84. The first-order valence-electron chi connectivity index (χ1n) is 6.91. The fraction of sp³-hybridized carbons (Fsp3) is 0.312. The molecule has 0 unspecified atom stereocenters. The van der Waals surface area contributed by atoms with E-state index in [-0.39, 0.29) is 11.9 Å². The second kappa shape index (κ2) is 8.11. The van der Waals surface area contributed by atoms with E-state index in [9.17, 15) is 4.79 Å². The van der Waals surface area contributed by atoms with E-state index < -0.39 is 0 Å². The van der Waals surface area contributed by atoms with E-state index in [2.05, 4.69) is 21.2 Å². The lowest BCUT2D eigenvalue weighted by Gasteiger charge is -2.18. The van der Waals surface area contributed by atoms with Crippen LogP contribution in [0.5, 0.6) is 0 Å². The third-order valence-electron chi connectivity index (χ3n) is 3.22. The van der Waals surface area contributed by atoms with Gasteiger partial charge in [0.15, 0.2) is 0 Å². The van der Waals surface area contributed by atoms with Crippen LogP contribution in [0.4, 0.5) is 0 Å². The summed E-state index contributed by atoms with van der Waals surface area (Å²) in [6, 6.07) is 11.8. The summed E-state index contributed by atoms with van der Waals surface area (Å²) in [6.07, 6.45) is 0. The quantitative estimate of drug-likeness (QED) is 0.774. The van der Waals surface area contributed by atoms with E-state index in [0.29, 0.717) is 6.54 Å². The largest absolute Gasteiger partial charge is 0.348 e.